The lowest BCUT2D eigenvalue weighted by atomic mass is 10.1. The highest BCUT2D eigenvalue weighted by Gasteiger charge is 2.14. The minimum atomic E-state index is 0.525. The van der Waals surface area contributed by atoms with Crippen molar-refractivity contribution in [1.82, 2.24) is 20.3 Å². The van der Waals surface area contributed by atoms with E-state index in [1.54, 1.807) is 11.1 Å². The molecule has 0 radical (unpaired) electrons. The highest BCUT2D eigenvalue weighted by molar-refractivity contribution is 6.31. The van der Waals surface area contributed by atoms with Gasteiger partial charge in [-0.2, -0.15) is 15.0 Å². The van der Waals surface area contributed by atoms with Crippen LogP contribution < -0.4 is 5.32 Å². The summed E-state index contributed by atoms with van der Waals surface area (Å²) in [5.41, 5.74) is 3.79. The number of nitrogens with zero attached hydrogens (tertiary/aromatic N) is 3. The summed E-state index contributed by atoms with van der Waals surface area (Å²) >= 11 is 6.29. The van der Waals surface area contributed by atoms with E-state index in [2.05, 4.69) is 5.32 Å². The molecule has 0 unspecified atom stereocenters. The van der Waals surface area contributed by atoms with E-state index in [0.29, 0.717) is 24.7 Å². The standard InChI is InChI=1S/C21H19ClN4O/c22-19-11-5-4-9-17(19)15-26-24-20(14-23-13-18-10-6-12-27-18)21(25-26)16-7-2-1-3-8-16/h1-12,23H,13-15H2. The summed E-state index contributed by atoms with van der Waals surface area (Å²) in [6.45, 7) is 1.75. The molecule has 4 aromatic rings. The maximum Gasteiger partial charge on any atom is 0.117 e. The van der Waals surface area contributed by atoms with Crippen LogP contribution in [0.25, 0.3) is 11.3 Å². The summed E-state index contributed by atoms with van der Waals surface area (Å²) in [6, 6.07) is 21.7. The first-order chi connectivity index (χ1) is 13.3. The van der Waals surface area contributed by atoms with Gasteiger partial charge >= 0.3 is 0 Å². The Hall–Kier alpha value is -2.89. The summed E-state index contributed by atoms with van der Waals surface area (Å²) in [4.78, 5) is 1.70. The third-order valence-corrected chi connectivity index (χ3v) is 4.58. The largest absolute Gasteiger partial charge is 0.468 e. The first kappa shape index (κ1) is 17.5. The molecule has 0 fully saturated rings. The van der Waals surface area contributed by atoms with Gasteiger partial charge in [-0.25, -0.2) is 0 Å². The second-order valence-corrected chi connectivity index (χ2v) is 6.57. The average Bonchev–Trinajstić information content (AvgIpc) is 3.35. The third-order valence-electron chi connectivity index (χ3n) is 4.21. The van der Waals surface area contributed by atoms with Crippen molar-refractivity contribution in [3.8, 4) is 11.3 Å². The van der Waals surface area contributed by atoms with E-state index in [1.807, 2.05) is 66.7 Å². The Kier molecular flexibility index (Phi) is 5.32. The number of halogens is 1. The molecule has 2 heterocycles. The van der Waals surface area contributed by atoms with E-state index in [4.69, 9.17) is 26.2 Å². The van der Waals surface area contributed by atoms with Crippen LogP contribution in [0.4, 0.5) is 0 Å². The van der Waals surface area contributed by atoms with E-state index in [-0.39, 0.29) is 0 Å². The van der Waals surface area contributed by atoms with E-state index >= 15 is 0 Å². The molecule has 0 saturated carbocycles. The molecule has 4 rings (SSSR count). The van der Waals surface area contributed by atoms with Gasteiger partial charge < -0.3 is 9.73 Å². The monoisotopic (exact) mass is 378 g/mol. The van der Waals surface area contributed by atoms with Crippen LogP contribution in [-0.4, -0.2) is 15.0 Å². The Morgan fingerprint density at radius 3 is 2.48 bits per heavy atom. The molecule has 2 aromatic heterocycles. The molecule has 5 nitrogen and oxygen atoms in total. The van der Waals surface area contributed by atoms with Crippen molar-refractivity contribution < 1.29 is 4.42 Å². The van der Waals surface area contributed by atoms with E-state index in [1.165, 1.54) is 0 Å². The highest BCUT2D eigenvalue weighted by atomic mass is 35.5. The number of hydrogen-bond acceptors (Lipinski definition) is 4. The zero-order valence-corrected chi connectivity index (χ0v) is 15.4. The minimum absolute atomic E-state index is 0.525. The number of rotatable bonds is 7. The number of nitrogens with one attached hydrogen (secondary N) is 1. The van der Waals surface area contributed by atoms with E-state index in [9.17, 15) is 0 Å². The van der Waals surface area contributed by atoms with Crippen LogP contribution in [0.15, 0.2) is 77.4 Å². The molecule has 0 aliphatic carbocycles. The van der Waals surface area contributed by atoms with E-state index in [0.717, 1.165) is 28.3 Å². The summed E-state index contributed by atoms with van der Waals surface area (Å²) in [5, 5.41) is 13.5. The summed E-state index contributed by atoms with van der Waals surface area (Å²) in [6.07, 6.45) is 1.67. The Morgan fingerprint density at radius 1 is 0.889 bits per heavy atom. The van der Waals surface area contributed by atoms with Crippen LogP contribution in [0.3, 0.4) is 0 Å². The average molecular weight is 379 g/mol. The number of benzene rings is 2. The van der Waals surface area contributed by atoms with Crippen LogP contribution in [-0.2, 0) is 19.6 Å². The fraction of sp³-hybridized carbons (Fsp3) is 0.143. The summed E-state index contributed by atoms with van der Waals surface area (Å²) in [5.74, 6) is 0.889. The Labute approximate surface area is 162 Å². The van der Waals surface area contributed by atoms with Gasteiger partial charge in [0.15, 0.2) is 0 Å². The first-order valence-electron chi connectivity index (χ1n) is 8.75. The van der Waals surface area contributed by atoms with Gasteiger partial charge in [0.1, 0.15) is 17.1 Å². The van der Waals surface area contributed by atoms with Gasteiger partial charge in [0, 0.05) is 17.1 Å². The maximum atomic E-state index is 6.29. The lowest BCUT2D eigenvalue weighted by Gasteiger charge is -2.02. The van der Waals surface area contributed by atoms with Crippen LogP contribution in [0.2, 0.25) is 5.02 Å². The van der Waals surface area contributed by atoms with Gasteiger partial charge in [-0.15, -0.1) is 0 Å². The first-order valence-corrected chi connectivity index (χ1v) is 9.13. The SMILES string of the molecule is Clc1ccccc1Cn1nc(CNCc2ccco2)c(-c2ccccc2)n1. The molecule has 0 atom stereocenters. The van der Waals surface area contributed by atoms with E-state index < -0.39 is 0 Å². The van der Waals surface area contributed by atoms with Crippen molar-refractivity contribution in [1.29, 1.82) is 0 Å². The predicted molar refractivity (Wildman–Crippen MR) is 105 cm³/mol. The molecule has 0 bridgehead atoms. The molecule has 2 aromatic carbocycles. The van der Waals surface area contributed by atoms with Crippen LogP contribution >= 0.6 is 11.6 Å². The zero-order chi connectivity index (χ0) is 18.5. The van der Waals surface area contributed by atoms with Gasteiger partial charge in [-0.1, -0.05) is 60.1 Å². The lowest BCUT2D eigenvalue weighted by molar-refractivity contribution is 0.480. The summed E-state index contributed by atoms with van der Waals surface area (Å²) in [7, 11) is 0. The smallest absolute Gasteiger partial charge is 0.117 e. The minimum Gasteiger partial charge on any atom is -0.468 e. The fourth-order valence-corrected chi connectivity index (χ4v) is 3.08. The fourth-order valence-electron chi connectivity index (χ4n) is 2.89. The molecule has 0 aliphatic heterocycles. The maximum absolute atomic E-state index is 6.29. The molecule has 27 heavy (non-hydrogen) atoms. The molecular formula is C21H19ClN4O. The van der Waals surface area contributed by atoms with Gasteiger partial charge in [-0.05, 0) is 23.8 Å². The Bertz CT molecular complexity index is 996. The molecule has 0 amide bonds. The molecule has 0 saturated heterocycles. The second-order valence-electron chi connectivity index (χ2n) is 6.17. The van der Waals surface area contributed by atoms with Crippen molar-refractivity contribution >= 4 is 11.6 Å². The van der Waals surface area contributed by atoms with Crippen LogP contribution in [0.1, 0.15) is 17.0 Å². The topological polar surface area (TPSA) is 55.9 Å². The van der Waals surface area contributed by atoms with Crippen molar-refractivity contribution in [3.63, 3.8) is 0 Å². The number of furan rings is 1. The zero-order valence-electron chi connectivity index (χ0n) is 14.7. The van der Waals surface area contributed by atoms with Gasteiger partial charge in [0.25, 0.3) is 0 Å². The van der Waals surface area contributed by atoms with Crippen molar-refractivity contribution in [2.75, 3.05) is 0 Å². The van der Waals surface area contributed by atoms with Gasteiger partial charge in [0.05, 0.1) is 19.4 Å². The molecule has 6 heteroatoms. The Balaban J connectivity index is 1.57. The molecule has 1 N–H and O–H groups in total. The molecular weight excluding hydrogens is 360 g/mol. The quantitative estimate of drug-likeness (QED) is 0.513. The third kappa shape index (κ3) is 4.27. The van der Waals surface area contributed by atoms with Crippen LogP contribution in [0.5, 0.6) is 0 Å². The number of aromatic nitrogens is 3. The molecule has 0 aliphatic rings. The van der Waals surface area contributed by atoms with Crippen molar-refractivity contribution in [3.05, 3.63) is 95.0 Å². The van der Waals surface area contributed by atoms with Gasteiger partial charge in [0.2, 0.25) is 0 Å². The van der Waals surface area contributed by atoms with Gasteiger partial charge in [-0.3, -0.25) is 0 Å². The second kappa shape index (κ2) is 8.20. The predicted octanol–water partition coefficient (Wildman–Crippen LogP) is 4.53. The summed E-state index contributed by atoms with van der Waals surface area (Å²) < 4.78 is 5.37. The molecule has 0 spiro atoms. The normalized spacial score (nSPS) is 11.0. The highest BCUT2D eigenvalue weighted by Crippen LogP contribution is 2.21. The lowest BCUT2D eigenvalue weighted by Crippen LogP contribution is -2.13. The van der Waals surface area contributed by atoms with Crippen molar-refractivity contribution in [2.24, 2.45) is 0 Å². The van der Waals surface area contributed by atoms with Crippen molar-refractivity contribution in [2.45, 2.75) is 19.6 Å². The van der Waals surface area contributed by atoms with Crippen LogP contribution in [0, 0.1) is 0 Å². The molecule has 136 valence electrons. The Morgan fingerprint density at radius 2 is 1.70 bits per heavy atom. The number of hydrogen-bond donors (Lipinski definition) is 1.